The summed E-state index contributed by atoms with van der Waals surface area (Å²) < 4.78 is 2.70. The zero-order valence-corrected chi connectivity index (χ0v) is 42.9. The molecule has 0 N–H and O–H groups in total. The quantitative estimate of drug-likeness (QED) is 0.155. The van der Waals surface area contributed by atoms with Crippen molar-refractivity contribution in [1.82, 2.24) is 4.57 Å². The van der Waals surface area contributed by atoms with E-state index >= 15 is 4.79 Å². The fourth-order valence-electron chi connectivity index (χ4n) is 16.8. The first-order valence-electron chi connectivity index (χ1n) is 29.8. The predicted molar refractivity (Wildman–Crippen MR) is 298 cm³/mol. The van der Waals surface area contributed by atoms with Crippen LogP contribution in [0.3, 0.4) is 0 Å². The van der Waals surface area contributed by atoms with Crippen molar-refractivity contribution in [1.29, 1.82) is 0 Å². The van der Waals surface area contributed by atoms with Gasteiger partial charge in [-0.1, -0.05) is 156 Å². The lowest BCUT2D eigenvalue weighted by molar-refractivity contribution is 0.428. The molecule has 5 aromatic carbocycles. The highest BCUT2D eigenvalue weighted by Crippen LogP contribution is 2.59. The van der Waals surface area contributed by atoms with Crippen LogP contribution in [0.5, 0.6) is 0 Å². The molecule has 71 heavy (non-hydrogen) atoms. The van der Waals surface area contributed by atoms with Crippen LogP contribution >= 0.6 is 0 Å². The van der Waals surface area contributed by atoms with Gasteiger partial charge in [-0.3, -0.25) is 4.79 Å². The molecule has 0 radical (unpaired) electrons. The Kier molecular flexibility index (Phi) is 11.9. The summed E-state index contributed by atoms with van der Waals surface area (Å²) in [5, 5.41) is 1.75. The minimum atomic E-state index is 0.188. The maximum atomic E-state index is 15.8. The molecular weight excluding hydrogens is 861 g/mol. The van der Waals surface area contributed by atoms with E-state index < -0.39 is 0 Å². The average Bonchev–Trinajstić information content (AvgIpc) is 3.48. The Morgan fingerprint density at radius 1 is 0.366 bits per heavy atom. The summed E-state index contributed by atoms with van der Waals surface area (Å²) in [4.78, 5) is 18.6. The van der Waals surface area contributed by atoms with Crippen molar-refractivity contribution in [3.63, 3.8) is 0 Å². The third kappa shape index (κ3) is 7.73. The zero-order valence-electron chi connectivity index (χ0n) is 42.9. The monoisotopic (exact) mass is 939 g/mol. The van der Waals surface area contributed by atoms with Gasteiger partial charge in [0.05, 0.1) is 33.8 Å². The Morgan fingerprint density at radius 2 is 0.817 bits per heavy atom. The summed E-state index contributed by atoms with van der Waals surface area (Å²) >= 11 is 0. The summed E-state index contributed by atoms with van der Waals surface area (Å²) in [6.45, 7) is 0. The highest BCUT2D eigenvalue weighted by atomic mass is 16.1. The van der Waals surface area contributed by atoms with Gasteiger partial charge in [0.2, 0.25) is 0 Å². The van der Waals surface area contributed by atoms with E-state index in [1.54, 1.807) is 39.0 Å². The van der Waals surface area contributed by atoms with E-state index in [9.17, 15) is 0 Å². The number of rotatable bonds is 6. The fourth-order valence-corrected chi connectivity index (χ4v) is 16.8. The molecule has 3 nitrogen and oxygen atoms in total. The van der Waals surface area contributed by atoms with Gasteiger partial charge in [-0.15, -0.1) is 0 Å². The molecular formula is C68H78N2O. The molecule has 1 aromatic heterocycles. The molecule has 15 rings (SSSR count). The highest BCUT2D eigenvalue weighted by Gasteiger charge is 2.39. The van der Waals surface area contributed by atoms with E-state index in [4.69, 9.17) is 0 Å². The average molecular weight is 939 g/mol. The minimum absolute atomic E-state index is 0.188. The van der Waals surface area contributed by atoms with Crippen LogP contribution in [-0.4, -0.2) is 4.57 Å². The van der Waals surface area contributed by atoms with Gasteiger partial charge in [0.15, 0.2) is 5.43 Å². The number of benzene rings is 5. The molecule has 0 atom stereocenters. The Morgan fingerprint density at radius 3 is 1.35 bits per heavy atom. The van der Waals surface area contributed by atoms with Crippen LogP contribution in [0.1, 0.15) is 266 Å². The van der Waals surface area contributed by atoms with Crippen molar-refractivity contribution in [3.05, 3.63) is 145 Å². The standard InChI is InChI=1S/C68H78N2O/c71-68-54-31-17-19-33-62(54)70-64-42-59-63(43-60(64)68)69(66-55(46-24-10-3-11-25-46)38-51(44-20-6-1-7-21-44)39-56(66)47-26-12-4-13-27-47)61-32-18-16-30-53(61)65(59)50-36-34-49(35-37-50)58-41-52(45-22-8-2-9-23-45)40-57(67(58)70)48-28-14-5-15-29-48/h16-19,30-33,38-49H,1-15,20-29,34-37H2. The number of pyridine rings is 1. The second-order valence-corrected chi connectivity index (χ2v) is 24.4. The van der Waals surface area contributed by atoms with E-state index in [0.29, 0.717) is 35.5 Å². The van der Waals surface area contributed by atoms with Gasteiger partial charge in [-0.2, -0.15) is 0 Å². The van der Waals surface area contributed by atoms with Gasteiger partial charge in [0.1, 0.15) is 0 Å². The van der Waals surface area contributed by atoms with Crippen molar-refractivity contribution < 1.29 is 0 Å². The first-order valence-corrected chi connectivity index (χ1v) is 29.8. The fraction of sp³-hybridized carbons (Fsp3) is 0.515. The third-order valence-corrected chi connectivity index (χ3v) is 20.4. The molecule has 0 spiro atoms. The van der Waals surface area contributed by atoms with E-state index in [2.05, 4.69) is 94.4 Å². The zero-order chi connectivity index (χ0) is 47.0. The van der Waals surface area contributed by atoms with E-state index in [0.717, 1.165) is 34.6 Å². The SMILES string of the molecule is O=c1c2ccccc2n2c3cc4c(cc13)N(c1c(C3CCCCC3)cc(C3CCCCC3)cc1C1CCCCC1)c1ccccc1C4=C1CCC(CC1)c1cc(C3CCCCC3)cc(C3CCCCC3)c1-2. The van der Waals surface area contributed by atoms with Gasteiger partial charge in [-0.25, -0.2) is 0 Å². The van der Waals surface area contributed by atoms with Crippen molar-refractivity contribution in [2.24, 2.45) is 0 Å². The summed E-state index contributed by atoms with van der Waals surface area (Å²) in [6, 6.07) is 34.4. The molecule has 6 saturated carbocycles. The number of hydrogen-bond acceptors (Lipinski definition) is 2. The molecule has 4 bridgehead atoms. The number of aromatic nitrogens is 1. The van der Waals surface area contributed by atoms with Gasteiger partial charge in [0.25, 0.3) is 0 Å². The first kappa shape index (κ1) is 44.8. The largest absolute Gasteiger partial charge is 0.309 e. The highest BCUT2D eigenvalue weighted by molar-refractivity contribution is 6.08. The van der Waals surface area contributed by atoms with Crippen LogP contribution in [0.4, 0.5) is 17.1 Å². The predicted octanol–water partition coefficient (Wildman–Crippen LogP) is 19.6. The van der Waals surface area contributed by atoms with Crippen molar-refractivity contribution in [2.75, 3.05) is 4.90 Å². The molecule has 4 heterocycles. The minimum Gasteiger partial charge on any atom is -0.309 e. The Labute approximate surface area is 424 Å². The normalized spacial score (nSPS) is 22.8. The van der Waals surface area contributed by atoms with Crippen LogP contribution < -0.4 is 10.3 Å². The lowest BCUT2D eigenvalue weighted by Crippen LogP contribution is -2.25. The van der Waals surface area contributed by atoms with Crippen LogP contribution in [0, 0.1) is 0 Å². The van der Waals surface area contributed by atoms with E-state index in [1.807, 2.05) is 0 Å². The van der Waals surface area contributed by atoms with Gasteiger partial charge >= 0.3 is 0 Å². The number of nitrogens with zero attached hydrogens (tertiary/aromatic N) is 2. The molecule has 9 aliphatic rings. The van der Waals surface area contributed by atoms with Crippen molar-refractivity contribution in [2.45, 2.75) is 222 Å². The van der Waals surface area contributed by atoms with Crippen LogP contribution in [-0.2, 0) is 0 Å². The molecule has 3 heteroatoms. The van der Waals surface area contributed by atoms with Crippen LogP contribution in [0.2, 0.25) is 0 Å². The second-order valence-electron chi connectivity index (χ2n) is 24.4. The summed E-state index contributed by atoms with van der Waals surface area (Å²) in [5.74, 6) is 3.46. The number of allylic oxidation sites excluding steroid dienone is 1. The molecule has 0 amide bonds. The molecule has 366 valence electrons. The lowest BCUT2D eigenvalue weighted by atomic mass is 9.73. The van der Waals surface area contributed by atoms with Gasteiger partial charge in [-0.05, 0) is 195 Å². The topological polar surface area (TPSA) is 25.2 Å². The molecule has 0 saturated heterocycles. The third-order valence-electron chi connectivity index (χ3n) is 20.4. The number of para-hydroxylation sites is 2. The first-order chi connectivity index (χ1) is 35.2. The molecule has 6 fully saturated rings. The molecule has 3 aliphatic heterocycles. The van der Waals surface area contributed by atoms with Crippen molar-refractivity contribution in [3.8, 4) is 5.69 Å². The Balaban J connectivity index is 1.09. The molecule has 6 aromatic rings. The van der Waals surface area contributed by atoms with Crippen molar-refractivity contribution >= 4 is 44.4 Å². The summed E-state index contributed by atoms with van der Waals surface area (Å²) in [6.07, 6.45) is 37.8. The Bertz CT molecular complexity index is 3050. The number of anilines is 3. The second kappa shape index (κ2) is 18.9. The molecule has 6 aliphatic carbocycles. The van der Waals surface area contributed by atoms with Gasteiger partial charge in [0, 0.05) is 21.9 Å². The lowest BCUT2D eigenvalue weighted by Gasteiger charge is -2.42. The number of fused-ring (bicyclic) bond motifs is 4. The van der Waals surface area contributed by atoms with Gasteiger partial charge < -0.3 is 9.47 Å². The van der Waals surface area contributed by atoms with E-state index in [1.165, 1.54) is 213 Å². The van der Waals surface area contributed by atoms with E-state index in [-0.39, 0.29) is 5.43 Å². The number of hydrogen-bond donors (Lipinski definition) is 0. The Hall–Kier alpha value is -4.89. The maximum Gasteiger partial charge on any atom is 0.197 e. The summed E-state index contributed by atoms with van der Waals surface area (Å²) in [7, 11) is 0. The maximum absolute atomic E-state index is 15.8. The molecule has 0 unspecified atom stereocenters. The van der Waals surface area contributed by atoms with Crippen LogP contribution in [0.15, 0.2) is 95.3 Å². The smallest absolute Gasteiger partial charge is 0.197 e. The summed E-state index contributed by atoms with van der Waals surface area (Å²) in [5.41, 5.74) is 23.5. The van der Waals surface area contributed by atoms with Crippen LogP contribution in [0.25, 0.3) is 33.1 Å².